The van der Waals surface area contributed by atoms with Crippen LogP contribution in [0.25, 0.3) is 11.5 Å². The zero-order valence-electron chi connectivity index (χ0n) is 9.05. The fraction of sp³-hybridized carbons (Fsp3) is 0.364. The Kier molecular flexibility index (Phi) is 2.18. The van der Waals surface area contributed by atoms with Crippen molar-refractivity contribution in [3.8, 4) is 11.5 Å². The van der Waals surface area contributed by atoms with Gasteiger partial charge in [0.25, 0.3) is 0 Å². The van der Waals surface area contributed by atoms with Crippen LogP contribution in [0.15, 0.2) is 23.0 Å². The third-order valence-corrected chi connectivity index (χ3v) is 2.80. The third-order valence-electron chi connectivity index (χ3n) is 2.80. The van der Waals surface area contributed by atoms with E-state index in [9.17, 15) is 0 Å². The lowest BCUT2D eigenvalue weighted by Gasteiger charge is -2.23. The maximum Gasteiger partial charge on any atom is 0.182 e. The van der Waals surface area contributed by atoms with E-state index in [1.165, 1.54) is 11.8 Å². The summed E-state index contributed by atoms with van der Waals surface area (Å²) in [6, 6.07) is 1.77. The van der Waals surface area contributed by atoms with Crippen molar-refractivity contribution in [3.05, 3.63) is 29.8 Å². The predicted octanol–water partition coefficient (Wildman–Crippen LogP) is 1.12. The number of nitrogens with zero attached hydrogens (tertiary/aromatic N) is 4. The van der Waals surface area contributed by atoms with Crippen molar-refractivity contribution in [2.24, 2.45) is 0 Å². The van der Waals surface area contributed by atoms with Crippen LogP contribution in [0.2, 0.25) is 0 Å². The lowest BCUT2D eigenvalue weighted by atomic mass is 10.1. The summed E-state index contributed by atoms with van der Waals surface area (Å²) in [6.45, 7) is 1.95. The lowest BCUT2D eigenvalue weighted by Crippen LogP contribution is -2.27. The molecule has 0 spiro atoms. The Morgan fingerprint density at radius 3 is 3.19 bits per heavy atom. The van der Waals surface area contributed by atoms with Gasteiger partial charge in [0.2, 0.25) is 0 Å². The Bertz CT molecular complexity index is 495. The number of hydrogen-bond acceptors (Lipinski definition) is 5. The molecule has 0 bridgehead atoms. The van der Waals surface area contributed by atoms with E-state index in [-0.39, 0.29) is 0 Å². The quantitative estimate of drug-likeness (QED) is 0.715. The SMILES string of the molecule is CN1CCc2cnc(-c3ccon3)nc2C1. The van der Waals surface area contributed by atoms with Crippen LogP contribution in [0.5, 0.6) is 0 Å². The van der Waals surface area contributed by atoms with E-state index in [0.717, 1.165) is 25.2 Å². The summed E-state index contributed by atoms with van der Waals surface area (Å²) in [7, 11) is 2.10. The molecule has 82 valence electrons. The average molecular weight is 216 g/mol. The van der Waals surface area contributed by atoms with Crippen molar-refractivity contribution in [1.29, 1.82) is 0 Å². The van der Waals surface area contributed by atoms with Gasteiger partial charge < -0.3 is 9.42 Å². The molecule has 3 heterocycles. The highest BCUT2D eigenvalue weighted by Gasteiger charge is 2.16. The number of likely N-dealkylation sites (N-methyl/N-ethyl adjacent to an activating group) is 1. The first kappa shape index (κ1) is 9.47. The first-order valence-electron chi connectivity index (χ1n) is 5.27. The van der Waals surface area contributed by atoms with Crippen molar-refractivity contribution < 1.29 is 4.52 Å². The monoisotopic (exact) mass is 216 g/mol. The fourth-order valence-corrected chi connectivity index (χ4v) is 1.89. The van der Waals surface area contributed by atoms with Gasteiger partial charge in [-0.3, -0.25) is 0 Å². The van der Waals surface area contributed by atoms with Gasteiger partial charge in [0.05, 0.1) is 5.69 Å². The average Bonchev–Trinajstić information content (AvgIpc) is 2.81. The van der Waals surface area contributed by atoms with E-state index >= 15 is 0 Å². The van der Waals surface area contributed by atoms with Gasteiger partial charge >= 0.3 is 0 Å². The summed E-state index contributed by atoms with van der Waals surface area (Å²) in [5, 5.41) is 3.84. The van der Waals surface area contributed by atoms with Crippen LogP contribution < -0.4 is 0 Å². The van der Waals surface area contributed by atoms with E-state index in [1.807, 2.05) is 6.20 Å². The van der Waals surface area contributed by atoms with Crippen molar-refractivity contribution in [3.63, 3.8) is 0 Å². The van der Waals surface area contributed by atoms with Gasteiger partial charge in [-0.1, -0.05) is 5.16 Å². The highest BCUT2D eigenvalue weighted by Crippen LogP contribution is 2.18. The molecule has 16 heavy (non-hydrogen) atoms. The summed E-state index contributed by atoms with van der Waals surface area (Å²) >= 11 is 0. The zero-order chi connectivity index (χ0) is 11.0. The van der Waals surface area contributed by atoms with Crippen molar-refractivity contribution >= 4 is 0 Å². The molecule has 0 fully saturated rings. The molecule has 1 aliphatic heterocycles. The minimum absolute atomic E-state index is 0.641. The number of rotatable bonds is 1. The van der Waals surface area contributed by atoms with E-state index in [2.05, 4.69) is 27.1 Å². The van der Waals surface area contributed by atoms with Crippen LogP contribution in [0, 0.1) is 0 Å². The van der Waals surface area contributed by atoms with Crippen LogP contribution in [0.4, 0.5) is 0 Å². The normalized spacial score (nSPS) is 16.1. The Balaban J connectivity index is 2.01. The topological polar surface area (TPSA) is 55.1 Å². The molecule has 5 heteroatoms. The number of hydrogen-bond donors (Lipinski definition) is 0. The summed E-state index contributed by atoms with van der Waals surface area (Å²) in [5.74, 6) is 0.641. The molecule has 2 aromatic rings. The fourth-order valence-electron chi connectivity index (χ4n) is 1.89. The minimum Gasteiger partial charge on any atom is -0.364 e. The van der Waals surface area contributed by atoms with E-state index < -0.39 is 0 Å². The maximum atomic E-state index is 4.79. The molecule has 0 atom stereocenters. The molecule has 0 unspecified atom stereocenters. The second-order valence-corrected chi connectivity index (χ2v) is 4.04. The summed E-state index contributed by atoms with van der Waals surface area (Å²) in [4.78, 5) is 11.1. The Morgan fingerprint density at radius 1 is 1.44 bits per heavy atom. The maximum absolute atomic E-state index is 4.79. The molecule has 0 aliphatic carbocycles. The Labute approximate surface area is 93.1 Å². The second kappa shape index (κ2) is 3.68. The summed E-state index contributed by atoms with van der Waals surface area (Å²) in [6.07, 6.45) is 4.45. The predicted molar refractivity (Wildman–Crippen MR) is 57.6 cm³/mol. The molecular formula is C11H12N4O. The van der Waals surface area contributed by atoms with Crippen LogP contribution in [0.3, 0.4) is 0 Å². The molecule has 0 saturated heterocycles. The Morgan fingerprint density at radius 2 is 2.38 bits per heavy atom. The highest BCUT2D eigenvalue weighted by molar-refractivity contribution is 5.47. The molecule has 0 aromatic carbocycles. The lowest BCUT2D eigenvalue weighted by molar-refractivity contribution is 0.307. The van der Waals surface area contributed by atoms with Gasteiger partial charge in [-0.15, -0.1) is 0 Å². The smallest absolute Gasteiger partial charge is 0.182 e. The molecule has 0 amide bonds. The molecule has 2 aromatic heterocycles. The summed E-state index contributed by atoms with van der Waals surface area (Å²) in [5.41, 5.74) is 3.03. The molecule has 0 saturated carbocycles. The van der Waals surface area contributed by atoms with Gasteiger partial charge in [0.1, 0.15) is 6.26 Å². The molecular weight excluding hydrogens is 204 g/mol. The highest BCUT2D eigenvalue weighted by atomic mass is 16.5. The first-order valence-corrected chi connectivity index (χ1v) is 5.27. The van der Waals surface area contributed by atoms with Crippen LogP contribution >= 0.6 is 0 Å². The Hall–Kier alpha value is -1.75. The molecule has 1 aliphatic rings. The largest absolute Gasteiger partial charge is 0.364 e. The molecule has 0 N–H and O–H groups in total. The van der Waals surface area contributed by atoms with Crippen LogP contribution in [-0.2, 0) is 13.0 Å². The van der Waals surface area contributed by atoms with E-state index in [0.29, 0.717) is 11.5 Å². The van der Waals surface area contributed by atoms with Gasteiger partial charge in [-0.2, -0.15) is 0 Å². The van der Waals surface area contributed by atoms with E-state index in [1.54, 1.807) is 6.07 Å². The third kappa shape index (κ3) is 1.59. The molecule has 3 rings (SSSR count). The van der Waals surface area contributed by atoms with Crippen molar-refractivity contribution in [2.45, 2.75) is 13.0 Å². The van der Waals surface area contributed by atoms with Crippen LogP contribution in [0.1, 0.15) is 11.3 Å². The molecule has 0 radical (unpaired) electrons. The van der Waals surface area contributed by atoms with Crippen LogP contribution in [-0.4, -0.2) is 33.6 Å². The van der Waals surface area contributed by atoms with Crippen molar-refractivity contribution in [2.75, 3.05) is 13.6 Å². The van der Waals surface area contributed by atoms with Gasteiger partial charge in [0, 0.05) is 25.4 Å². The van der Waals surface area contributed by atoms with Gasteiger partial charge in [-0.25, -0.2) is 9.97 Å². The number of fused-ring (bicyclic) bond motifs is 1. The van der Waals surface area contributed by atoms with Gasteiger partial charge in [-0.05, 0) is 19.0 Å². The summed E-state index contributed by atoms with van der Waals surface area (Å²) < 4.78 is 4.79. The number of aromatic nitrogens is 3. The van der Waals surface area contributed by atoms with Gasteiger partial charge in [0.15, 0.2) is 11.5 Å². The zero-order valence-corrected chi connectivity index (χ0v) is 9.05. The second-order valence-electron chi connectivity index (χ2n) is 4.04. The van der Waals surface area contributed by atoms with E-state index in [4.69, 9.17) is 4.52 Å². The minimum atomic E-state index is 0.641. The standard InChI is InChI=1S/C11H12N4O/c1-15-4-2-8-6-12-11(13-10(8)7-15)9-3-5-16-14-9/h3,5-6H,2,4,7H2,1H3. The first-order chi connectivity index (χ1) is 7.83. The molecule has 5 nitrogen and oxygen atoms in total. The van der Waals surface area contributed by atoms with Crippen molar-refractivity contribution in [1.82, 2.24) is 20.0 Å².